The van der Waals surface area contributed by atoms with E-state index in [2.05, 4.69) is 45.5 Å². The first kappa shape index (κ1) is 19.4. The normalized spacial score (nSPS) is 20.6. The molecule has 0 N–H and O–H groups in total. The van der Waals surface area contributed by atoms with Crippen LogP contribution in [0.1, 0.15) is 66.2 Å². The van der Waals surface area contributed by atoms with Gasteiger partial charge in [0.1, 0.15) is 0 Å². The van der Waals surface area contributed by atoms with Crippen molar-refractivity contribution in [3.8, 4) is 0 Å². The molecule has 0 amide bonds. The molecule has 0 heterocycles. The lowest BCUT2D eigenvalue weighted by atomic mass is 9.67. The molecule has 3 nitrogen and oxygen atoms in total. The van der Waals surface area contributed by atoms with Crippen LogP contribution in [0, 0.1) is 0 Å². The molecule has 0 saturated heterocycles. The van der Waals surface area contributed by atoms with Gasteiger partial charge in [-0.2, -0.15) is 0 Å². The molecule has 0 saturated carbocycles. The van der Waals surface area contributed by atoms with Gasteiger partial charge in [-0.25, -0.2) is 4.79 Å². The van der Waals surface area contributed by atoms with Crippen LogP contribution >= 0.6 is 0 Å². The lowest BCUT2D eigenvalue weighted by molar-refractivity contribution is -0.0202. The van der Waals surface area contributed by atoms with Crippen molar-refractivity contribution in [3.05, 3.63) is 76.9 Å². The van der Waals surface area contributed by atoms with Crippen LogP contribution in [-0.2, 0) is 20.5 Å². The van der Waals surface area contributed by atoms with Gasteiger partial charge in [-0.3, -0.25) is 0 Å². The Balaban J connectivity index is 2.00. The van der Waals surface area contributed by atoms with Gasteiger partial charge in [-0.05, 0) is 71.2 Å². The number of hydrogen-bond acceptors (Lipinski definition) is 3. The first-order chi connectivity index (χ1) is 12.7. The van der Waals surface area contributed by atoms with E-state index >= 15 is 0 Å². The second-order valence-corrected chi connectivity index (χ2v) is 8.13. The molecule has 1 unspecified atom stereocenters. The van der Waals surface area contributed by atoms with E-state index in [9.17, 15) is 4.79 Å². The Morgan fingerprint density at radius 1 is 0.889 bits per heavy atom. The SMILES string of the molecule is C=C(c1ccc(C(=O)OC)cc1)c1ccc2c(c1)C(C)(OC)CCC2(C)C. The fourth-order valence-electron chi connectivity index (χ4n) is 3.88. The topological polar surface area (TPSA) is 35.5 Å². The molecular formula is C24H28O3. The molecule has 3 rings (SSSR count). The van der Waals surface area contributed by atoms with Crippen LogP contribution in [0.2, 0.25) is 0 Å². The highest BCUT2D eigenvalue weighted by atomic mass is 16.5. The molecule has 0 fully saturated rings. The second-order valence-electron chi connectivity index (χ2n) is 8.13. The Labute approximate surface area is 162 Å². The molecule has 0 aliphatic heterocycles. The van der Waals surface area contributed by atoms with Crippen LogP contribution in [0.25, 0.3) is 5.57 Å². The van der Waals surface area contributed by atoms with Crippen molar-refractivity contribution in [2.24, 2.45) is 0 Å². The van der Waals surface area contributed by atoms with Crippen molar-refractivity contribution in [1.29, 1.82) is 0 Å². The first-order valence-electron chi connectivity index (χ1n) is 9.30. The zero-order valence-electron chi connectivity index (χ0n) is 16.9. The number of hydrogen-bond donors (Lipinski definition) is 0. The Morgan fingerprint density at radius 3 is 2.07 bits per heavy atom. The van der Waals surface area contributed by atoms with Gasteiger partial charge in [0.2, 0.25) is 0 Å². The summed E-state index contributed by atoms with van der Waals surface area (Å²) in [6.07, 6.45) is 2.09. The van der Waals surface area contributed by atoms with Gasteiger partial charge in [0.25, 0.3) is 0 Å². The van der Waals surface area contributed by atoms with E-state index in [1.54, 1.807) is 19.2 Å². The predicted octanol–water partition coefficient (Wildman–Crippen LogP) is 5.47. The lowest BCUT2D eigenvalue weighted by Gasteiger charge is -2.43. The average molecular weight is 364 g/mol. The summed E-state index contributed by atoms with van der Waals surface area (Å²) in [6, 6.07) is 13.9. The van der Waals surface area contributed by atoms with Gasteiger partial charge < -0.3 is 9.47 Å². The second kappa shape index (κ2) is 6.97. The summed E-state index contributed by atoms with van der Waals surface area (Å²) in [4.78, 5) is 11.6. The van der Waals surface area contributed by atoms with E-state index in [4.69, 9.17) is 9.47 Å². The first-order valence-corrected chi connectivity index (χ1v) is 9.30. The Hall–Kier alpha value is -2.39. The molecule has 1 atom stereocenters. The number of esters is 1. The largest absolute Gasteiger partial charge is 0.465 e. The van der Waals surface area contributed by atoms with Crippen LogP contribution in [0.4, 0.5) is 0 Å². The van der Waals surface area contributed by atoms with Gasteiger partial charge in [0.15, 0.2) is 0 Å². The number of fused-ring (bicyclic) bond motifs is 1. The predicted molar refractivity (Wildman–Crippen MR) is 109 cm³/mol. The average Bonchev–Trinajstić information content (AvgIpc) is 2.70. The summed E-state index contributed by atoms with van der Waals surface area (Å²) >= 11 is 0. The highest BCUT2D eigenvalue weighted by molar-refractivity contribution is 5.90. The molecule has 2 aromatic rings. The van der Waals surface area contributed by atoms with Crippen LogP contribution in [0.3, 0.4) is 0 Å². The zero-order chi connectivity index (χ0) is 19.8. The number of rotatable bonds is 4. The number of ether oxygens (including phenoxy) is 2. The highest BCUT2D eigenvalue weighted by Gasteiger charge is 2.40. The highest BCUT2D eigenvalue weighted by Crippen LogP contribution is 2.47. The molecule has 3 heteroatoms. The molecule has 142 valence electrons. The van der Waals surface area contributed by atoms with Crippen LogP contribution in [0.5, 0.6) is 0 Å². The van der Waals surface area contributed by atoms with E-state index in [-0.39, 0.29) is 17.0 Å². The van der Waals surface area contributed by atoms with Crippen LogP contribution in [-0.4, -0.2) is 20.2 Å². The minimum absolute atomic E-state index is 0.134. The lowest BCUT2D eigenvalue weighted by Crippen LogP contribution is -2.37. The van der Waals surface area contributed by atoms with Crippen molar-refractivity contribution in [2.45, 2.75) is 44.6 Å². The van der Waals surface area contributed by atoms with Crippen molar-refractivity contribution < 1.29 is 14.3 Å². The summed E-state index contributed by atoms with van der Waals surface area (Å²) in [7, 11) is 3.17. The van der Waals surface area contributed by atoms with Crippen molar-refractivity contribution >= 4 is 11.5 Å². The Morgan fingerprint density at radius 2 is 1.48 bits per heavy atom. The maximum Gasteiger partial charge on any atom is 0.337 e. The standard InChI is InChI=1S/C24H28O3/c1-16(17-7-9-18(10-8-17)22(25)26-5)19-11-12-20-21(15-19)24(4,27-6)14-13-23(20,2)3/h7-12,15H,1,13-14H2,2-6H3. The minimum Gasteiger partial charge on any atom is -0.465 e. The van der Waals surface area contributed by atoms with E-state index in [1.165, 1.54) is 18.2 Å². The summed E-state index contributed by atoms with van der Waals surface area (Å²) in [5.74, 6) is -0.334. The van der Waals surface area contributed by atoms with Crippen molar-refractivity contribution in [3.63, 3.8) is 0 Å². The summed E-state index contributed by atoms with van der Waals surface area (Å²) in [5, 5.41) is 0. The molecule has 0 aromatic heterocycles. The summed E-state index contributed by atoms with van der Waals surface area (Å²) in [5.41, 5.74) is 5.95. The third kappa shape index (κ3) is 3.44. The quantitative estimate of drug-likeness (QED) is 0.675. The maximum atomic E-state index is 11.6. The minimum atomic E-state index is -0.334. The van der Waals surface area contributed by atoms with Gasteiger partial charge in [-0.15, -0.1) is 0 Å². The Kier molecular flexibility index (Phi) is 5.00. The fourth-order valence-corrected chi connectivity index (χ4v) is 3.88. The van der Waals surface area contributed by atoms with Gasteiger partial charge in [0, 0.05) is 7.11 Å². The fraction of sp³-hybridized carbons (Fsp3) is 0.375. The summed E-state index contributed by atoms with van der Waals surface area (Å²) < 4.78 is 10.7. The van der Waals surface area contributed by atoms with E-state index in [0.717, 1.165) is 29.5 Å². The third-order valence-corrected chi connectivity index (χ3v) is 6.00. The molecule has 1 aliphatic carbocycles. The molecule has 0 bridgehead atoms. The van der Waals surface area contributed by atoms with Crippen LogP contribution < -0.4 is 0 Å². The smallest absolute Gasteiger partial charge is 0.337 e. The maximum absolute atomic E-state index is 11.6. The molecule has 0 spiro atoms. The molecule has 27 heavy (non-hydrogen) atoms. The molecule has 2 aromatic carbocycles. The number of carbonyl (C=O) groups is 1. The Bertz CT molecular complexity index is 877. The van der Waals surface area contributed by atoms with E-state index < -0.39 is 0 Å². The molecule has 1 aliphatic rings. The van der Waals surface area contributed by atoms with Gasteiger partial charge in [0.05, 0.1) is 18.3 Å². The van der Waals surface area contributed by atoms with E-state index in [1.807, 2.05) is 12.1 Å². The van der Waals surface area contributed by atoms with Crippen LogP contribution in [0.15, 0.2) is 49.0 Å². The van der Waals surface area contributed by atoms with E-state index in [0.29, 0.717) is 5.56 Å². The van der Waals surface area contributed by atoms with Crippen molar-refractivity contribution in [1.82, 2.24) is 0 Å². The third-order valence-electron chi connectivity index (χ3n) is 6.00. The monoisotopic (exact) mass is 364 g/mol. The van der Waals surface area contributed by atoms with Gasteiger partial charge in [-0.1, -0.05) is 44.7 Å². The van der Waals surface area contributed by atoms with Crippen molar-refractivity contribution in [2.75, 3.05) is 14.2 Å². The number of benzene rings is 2. The van der Waals surface area contributed by atoms with Gasteiger partial charge >= 0.3 is 5.97 Å². The number of carbonyl (C=O) groups excluding carboxylic acids is 1. The number of methoxy groups -OCH3 is 2. The molecular weight excluding hydrogens is 336 g/mol. The zero-order valence-corrected chi connectivity index (χ0v) is 16.9. The summed E-state index contributed by atoms with van der Waals surface area (Å²) in [6.45, 7) is 11.0. The molecule has 0 radical (unpaired) electrons.